The highest BCUT2D eigenvalue weighted by atomic mass is 127. The number of benzene rings is 1. The van der Waals surface area contributed by atoms with Crippen molar-refractivity contribution >= 4 is 41.3 Å². The molecule has 1 aromatic carbocycles. The summed E-state index contributed by atoms with van der Waals surface area (Å²) in [6, 6.07) is 13.6. The highest BCUT2D eigenvalue weighted by Gasteiger charge is 2.22. The fraction of sp³-hybridized carbons (Fsp3) is 0.312. The highest BCUT2D eigenvalue weighted by Crippen LogP contribution is 2.20. The summed E-state index contributed by atoms with van der Waals surface area (Å²) >= 11 is 1.73. The Morgan fingerprint density at radius 1 is 1.27 bits per heavy atom. The van der Waals surface area contributed by atoms with Crippen molar-refractivity contribution in [2.45, 2.75) is 18.9 Å². The molecular weight excluding hydrogens is 409 g/mol. The lowest BCUT2D eigenvalue weighted by atomic mass is 9.96. The number of hydrogen-bond donors (Lipinski definition) is 3. The molecule has 1 unspecified atom stereocenters. The maximum Gasteiger partial charge on any atom is 0.188 e. The minimum atomic E-state index is -1.01. The number of aliphatic hydroxyl groups is 1. The number of rotatable bonds is 6. The molecule has 0 saturated carbocycles. The van der Waals surface area contributed by atoms with Crippen molar-refractivity contribution in [2.75, 3.05) is 13.1 Å². The standard InChI is InChI=1S/C16H21N3OS.HI/c1-16(20,13-6-3-2-4-7-13)12-19-15(17)18-10-9-14-8-5-11-21-14;/h2-8,11,20H,9-10,12H2,1H3,(H3,17,18,19);1H. The molecular formula is C16H22IN3OS. The van der Waals surface area contributed by atoms with Crippen molar-refractivity contribution in [3.63, 3.8) is 0 Å². The molecule has 0 aliphatic carbocycles. The molecule has 1 atom stereocenters. The van der Waals surface area contributed by atoms with Gasteiger partial charge in [0.1, 0.15) is 5.60 Å². The first-order chi connectivity index (χ1) is 10.1. The molecule has 6 heteroatoms. The zero-order valence-corrected chi connectivity index (χ0v) is 15.7. The Bertz CT molecular complexity index is 570. The molecule has 0 bridgehead atoms. The van der Waals surface area contributed by atoms with Crippen LogP contribution in [0.3, 0.4) is 0 Å². The normalized spacial score (nSPS) is 14.0. The largest absolute Gasteiger partial charge is 0.384 e. The summed E-state index contributed by atoms with van der Waals surface area (Å²) in [5.74, 6) is 0.364. The molecule has 4 nitrogen and oxygen atoms in total. The van der Waals surface area contributed by atoms with Gasteiger partial charge in [0.25, 0.3) is 0 Å². The van der Waals surface area contributed by atoms with Crippen molar-refractivity contribution in [2.24, 2.45) is 10.7 Å². The van der Waals surface area contributed by atoms with Crippen LogP contribution in [0.15, 0.2) is 52.8 Å². The number of nitrogens with one attached hydrogen (secondary N) is 1. The van der Waals surface area contributed by atoms with Gasteiger partial charge < -0.3 is 16.2 Å². The number of halogens is 1. The summed E-state index contributed by atoms with van der Waals surface area (Å²) < 4.78 is 0. The Morgan fingerprint density at radius 3 is 2.64 bits per heavy atom. The van der Waals surface area contributed by atoms with Crippen LogP contribution in [0.5, 0.6) is 0 Å². The maximum absolute atomic E-state index is 10.4. The first-order valence-corrected chi connectivity index (χ1v) is 7.80. The highest BCUT2D eigenvalue weighted by molar-refractivity contribution is 14.0. The van der Waals surface area contributed by atoms with Gasteiger partial charge in [-0.1, -0.05) is 36.4 Å². The molecule has 0 spiro atoms. The lowest BCUT2D eigenvalue weighted by molar-refractivity contribution is 0.0673. The fourth-order valence-corrected chi connectivity index (χ4v) is 2.66. The number of guanidine groups is 1. The fourth-order valence-electron chi connectivity index (χ4n) is 1.95. The number of nitrogens with two attached hydrogens (primary N) is 1. The van der Waals surface area contributed by atoms with E-state index in [1.165, 1.54) is 4.88 Å². The van der Waals surface area contributed by atoms with E-state index < -0.39 is 5.60 Å². The SMILES string of the molecule is CC(O)(CN=C(N)NCCc1cccs1)c1ccccc1.I. The van der Waals surface area contributed by atoms with Gasteiger partial charge in [0, 0.05) is 11.4 Å². The summed E-state index contributed by atoms with van der Waals surface area (Å²) in [4.78, 5) is 5.54. The number of thiophene rings is 1. The van der Waals surface area contributed by atoms with E-state index in [1.54, 1.807) is 18.3 Å². The first-order valence-electron chi connectivity index (χ1n) is 6.92. The van der Waals surface area contributed by atoms with Crippen molar-refractivity contribution in [1.82, 2.24) is 5.32 Å². The van der Waals surface area contributed by atoms with E-state index in [9.17, 15) is 5.11 Å². The second-order valence-corrected chi connectivity index (χ2v) is 6.13. The van der Waals surface area contributed by atoms with Crippen molar-refractivity contribution in [3.8, 4) is 0 Å². The first kappa shape index (κ1) is 18.9. The number of hydrogen-bond acceptors (Lipinski definition) is 3. The van der Waals surface area contributed by atoms with Gasteiger partial charge in [0.05, 0.1) is 6.54 Å². The van der Waals surface area contributed by atoms with Crippen LogP contribution in [0.4, 0.5) is 0 Å². The van der Waals surface area contributed by atoms with Crippen LogP contribution in [0.1, 0.15) is 17.4 Å². The second-order valence-electron chi connectivity index (χ2n) is 5.10. The van der Waals surface area contributed by atoms with Crippen LogP contribution < -0.4 is 11.1 Å². The zero-order chi connectivity index (χ0) is 15.1. The minimum absolute atomic E-state index is 0. The van der Waals surface area contributed by atoms with Crippen LogP contribution >= 0.6 is 35.3 Å². The van der Waals surface area contributed by atoms with Crippen LogP contribution in [0.2, 0.25) is 0 Å². The molecule has 0 amide bonds. The summed E-state index contributed by atoms with van der Waals surface area (Å²) in [5, 5.41) is 15.5. The average molecular weight is 431 g/mol. The molecule has 0 saturated heterocycles. The molecule has 2 rings (SSSR count). The van der Waals surface area contributed by atoms with Gasteiger partial charge in [-0.3, -0.25) is 4.99 Å². The Labute approximate surface area is 152 Å². The third-order valence-electron chi connectivity index (χ3n) is 3.21. The van der Waals surface area contributed by atoms with Crippen molar-refractivity contribution < 1.29 is 5.11 Å². The molecule has 0 fully saturated rings. The molecule has 0 aliphatic rings. The quantitative estimate of drug-likeness (QED) is 0.374. The summed E-state index contributed by atoms with van der Waals surface area (Å²) in [5.41, 5.74) is 5.65. The van der Waals surface area contributed by atoms with Gasteiger partial charge >= 0.3 is 0 Å². The number of aliphatic imine (C=N–C) groups is 1. The molecule has 1 heterocycles. The molecule has 1 aromatic heterocycles. The monoisotopic (exact) mass is 431 g/mol. The molecule has 22 heavy (non-hydrogen) atoms. The van der Waals surface area contributed by atoms with E-state index in [2.05, 4.69) is 21.8 Å². The van der Waals surface area contributed by atoms with E-state index in [-0.39, 0.29) is 30.5 Å². The van der Waals surface area contributed by atoms with E-state index >= 15 is 0 Å². The molecule has 2 aromatic rings. The Balaban J connectivity index is 0.00000242. The van der Waals surface area contributed by atoms with Crippen molar-refractivity contribution in [3.05, 3.63) is 58.3 Å². The van der Waals surface area contributed by atoms with Crippen LogP contribution in [0, 0.1) is 0 Å². The predicted octanol–water partition coefficient (Wildman–Crippen LogP) is 2.72. The second kappa shape index (κ2) is 9.12. The maximum atomic E-state index is 10.4. The zero-order valence-electron chi connectivity index (χ0n) is 12.5. The summed E-state index contributed by atoms with van der Waals surface area (Å²) in [6.45, 7) is 2.71. The molecule has 4 N–H and O–H groups in total. The van der Waals surface area contributed by atoms with E-state index in [4.69, 9.17) is 5.73 Å². The topological polar surface area (TPSA) is 70.6 Å². The van der Waals surface area contributed by atoms with Gasteiger partial charge in [-0.2, -0.15) is 0 Å². The average Bonchev–Trinajstić information content (AvgIpc) is 2.99. The van der Waals surface area contributed by atoms with E-state index in [0.29, 0.717) is 5.96 Å². The summed E-state index contributed by atoms with van der Waals surface area (Å²) in [7, 11) is 0. The van der Waals surface area contributed by atoms with E-state index in [1.807, 2.05) is 36.4 Å². The van der Waals surface area contributed by atoms with Crippen LogP contribution in [-0.2, 0) is 12.0 Å². The smallest absolute Gasteiger partial charge is 0.188 e. The van der Waals surface area contributed by atoms with Gasteiger partial charge in [-0.25, -0.2) is 0 Å². The molecule has 0 radical (unpaired) electrons. The Kier molecular flexibility index (Phi) is 7.84. The Hall–Kier alpha value is -1.12. The minimum Gasteiger partial charge on any atom is -0.384 e. The lowest BCUT2D eigenvalue weighted by Crippen LogP contribution is -2.35. The molecule has 120 valence electrons. The molecule has 0 aliphatic heterocycles. The van der Waals surface area contributed by atoms with Crippen LogP contribution in [0.25, 0.3) is 0 Å². The third-order valence-corrected chi connectivity index (χ3v) is 4.15. The van der Waals surface area contributed by atoms with Crippen molar-refractivity contribution in [1.29, 1.82) is 0 Å². The predicted molar refractivity (Wildman–Crippen MR) is 104 cm³/mol. The van der Waals surface area contributed by atoms with Gasteiger partial charge in [0.15, 0.2) is 5.96 Å². The number of nitrogens with zero attached hydrogens (tertiary/aromatic N) is 1. The van der Waals surface area contributed by atoms with Gasteiger partial charge in [0.2, 0.25) is 0 Å². The van der Waals surface area contributed by atoms with Gasteiger partial charge in [-0.15, -0.1) is 35.3 Å². The van der Waals surface area contributed by atoms with Crippen LogP contribution in [-0.4, -0.2) is 24.2 Å². The lowest BCUT2D eigenvalue weighted by Gasteiger charge is -2.21. The van der Waals surface area contributed by atoms with Gasteiger partial charge in [-0.05, 0) is 30.4 Å². The third kappa shape index (κ3) is 5.94. The van der Waals surface area contributed by atoms with E-state index in [0.717, 1.165) is 18.5 Å². The summed E-state index contributed by atoms with van der Waals surface area (Å²) in [6.07, 6.45) is 0.920. The Morgan fingerprint density at radius 2 is 2.00 bits per heavy atom.